The van der Waals surface area contributed by atoms with E-state index in [2.05, 4.69) is 0 Å². The lowest BCUT2D eigenvalue weighted by molar-refractivity contribution is -0.155. The van der Waals surface area contributed by atoms with E-state index < -0.39 is 11.9 Å². The first-order valence-corrected chi connectivity index (χ1v) is 9.48. The van der Waals surface area contributed by atoms with Crippen molar-refractivity contribution in [3.05, 3.63) is 0 Å². The summed E-state index contributed by atoms with van der Waals surface area (Å²) in [6, 6.07) is 0. The number of unbranched alkanes of at least 4 members (excludes halogenated alkanes) is 7. The van der Waals surface area contributed by atoms with Crippen molar-refractivity contribution in [2.24, 2.45) is 10.8 Å². The van der Waals surface area contributed by atoms with Crippen molar-refractivity contribution >= 4 is 11.9 Å². The SMILES string of the molecule is O=C(O)C1(CCCCCCCCCCC2(C(=O)O)CC2)CCC1. The minimum atomic E-state index is -0.594. The van der Waals surface area contributed by atoms with Gasteiger partial charge in [0.25, 0.3) is 0 Å². The Balaban J connectivity index is 1.39. The molecule has 4 nitrogen and oxygen atoms in total. The summed E-state index contributed by atoms with van der Waals surface area (Å²) in [4.78, 5) is 22.3. The van der Waals surface area contributed by atoms with Crippen LogP contribution in [0.15, 0.2) is 0 Å². The molecule has 4 heteroatoms. The first-order valence-electron chi connectivity index (χ1n) is 9.48. The van der Waals surface area contributed by atoms with Crippen LogP contribution in [0.3, 0.4) is 0 Å². The largest absolute Gasteiger partial charge is 0.481 e. The van der Waals surface area contributed by atoms with Gasteiger partial charge >= 0.3 is 11.9 Å². The Morgan fingerprint density at radius 3 is 1.22 bits per heavy atom. The summed E-state index contributed by atoms with van der Waals surface area (Å²) in [5.74, 6) is -1.18. The first kappa shape index (κ1) is 18.3. The molecule has 0 atom stereocenters. The molecule has 2 fully saturated rings. The van der Waals surface area contributed by atoms with E-state index in [9.17, 15) is 14.7 Å². The van der Waals surface area contributed by atoms with Crippen LogP contribution in [-0.4, -0.2) is 22.2 Å². The van der Waals surface area contributed by atoms with Crippen LogP contribution < -0.4 is 0 Å². The molecule has 0 aliphatic heterocycles. The third kappa shape index (κ3) is 4.95. The van der Waals surface area contributed by atoms with E-state index in [0.29, 0.717) is 0 Å². The van der Waals surface area contributed by atoms with Crippen molar-refractivity contribution in [1.82, 2.24) is 0 Å². The highest BCUT2D eigenvalue weighted by atomic mass is 16.4. The molecule has 132 valence electrons. The normalized spacial score (nSPS) is 20.7. The Labute approximate surface area is 139 Å². The third-order valence-electron chi connectivity index (χ3n) is 6.13. The molecule has 0 spiro atoms. The maximum atomic E-state index is 11.3. The minimum Gasteiger partial charge on any atom is -0.481 e. The average molecular weight is 324 g/mol. The number of rotatable bonds is 13. The summed E-state index contributed by atoms with van der Waals surface area (Å²) in [7, 11) is 0. The van der Waals surface area contributed by atoms with Crippen LogP contribution >= 0.6 is 0 Å². The van der Waals surface area contributed by atoms with Crippen molar-refractivity contribution in [2.75, 3.05) is 0 Å². The third-order valence-corrected chi connectivity index (χ3v) is 6.13. The predicted octanol–water partition coefficient (Wildman–Crippen LogP) is 5.01. The predicted molar refractivity (Wildman–Crippen MR) is 89.4 cm³/mol. The van der Waals surface area contributed by atoms with Gasteiger partial charge < -0.3 is 10.2 Å². The van der Waals surface area contributed by atoms with Crippen LogP contribution in [0.1, 0.15) is 96.3 Å². The van der Waals surface area contributed by atoms with E-state index >= 15 is 0 Å². The molecule has 2 aliphatic carbocycles. The second-order valence-corrected chi connectivity index (χ2v) is 7.85. The zero-order chi connectivity index (χ0) is 16.8. The molecule has 0 aromatic rings. The zero-order valence-corrected chi connectivity index (χ0v) is 14.3. The van der Waals surface area contributed by atoms with E-state index in [4.69, 9.17) is 5.11 Å². The van der Waals surface area contributed by atoms with Crippen LogP contribution in [0.2, 0.25) is 0 Å². The Hall–Kier alpha value is -1.06. The quantitative estimate of drug-likeness (QED) is 0.467. The van der Waals surface area contributed by atoms with Crippen molar-refractivity contribution < 1.29 is 19.8 Å². The van der Waals surface area contributed by atoms with Crippen LogP contribution in [0.4, 0.5) is 0 Å². The number of carboxylic acid groups (broad SMARTS) is 2. The van der Waals surface area contributed by atoms with Gasteiger partial charge in [0, 0.05) is 0 Å². The Kier molecular flexibility index (Phi) is 6.49. The standard InChI is InChI=1S/C19H32O4/c20-16(21)18(12-9-13-18)10-7-5-3-1-2-4-6-8-11-19(14-15-19)17(22)23/h1-15H2,(H,20,21)(H,22,23). The Bertz CT molecular complexity index is 408. The summed E-state index contributed by atoms with van der Waals surface area (Å²) in [6.07, 6.45) is 15.6. The second kappa shape index (κ2) is 8.16. The molecule has 2 rings (SSSR count). The van der Waals surface area contributed by atoms with Crippen molar-refractivity contribution in [3.63, 3.8) is 0 Å². The van der Waals surface area contributed by atoms with E-state index in [-0.39, 0.29) is 10.8 Å². The number of hydrogen-bond acceptors (Lipinski definition) is 2. The summed E-state index contributed by atoms with van der Waals surface area (Å²) < 4.78 is 0. The second-order valence-electron chi connectivity index (χ2n) is 7.85. The molecule has 0 heterocycles. The minimum absolute atomic E-state index is 0.346. The lowest BCUT2D eigenvalue weighted by Crippen LogP contribution is -2.37. The fourth-order valence-electron chi connectivity index (χ4n) is 3.88. The zero-order valence-electron chi connectivity index (χ0n) is 14.3. The van der Waals surface area contributed by atoms with Crippen LogP contribution in [-0.2, 0) is 9.59 Å². The highest BCUT2D eigenvalue weighted by Crippen LogP contribution is 2.50. The molecule has 0 amide bonds. The molecule has 0 aromatic carbocycles. The van der Waals surface area contributed by atoms with Gasteiger partial charge in [0.1, 0.15) is 0 Å². The van der Waals surface area contributed by atoms with E-state index in [1.807, 2.05) is 0 Å². The first-order chi connectivity index (χ1) is 11.0. The molecule has 0 saturated heterocycles. The number of carboxylic acids is 2. The molecule has 2 aliphatic rings. The number of carbonyl (C=O) groups is 2. The maximum absolute atomic E-state index is 11.3. The fraction of sp³-hybridized carbons (Fsp3) is 0.895. The number of aliphatic carboxylic acids is 2. The summed E-state index contributed by atoms with van der Waals surface area (Å²) in [5.41, 5.74) is -0.718. The van der Waals surface area contributed by atoms with Crippen LogP contribution in [0.25, 0.3) is 0 Å². The summed E-state index contributed by atoms with van der Waals surface area (Å²) in [5, 5.41) is 18.4. The average Bonchev–Trinajstić information content (AvgIpc) is 3.24. The van der Waals surface area contributed by atoms with Crippen molar-refractivity contribution in [2.45, 2.75) is 96.3 Å². The lowest BCUT2D eigenvalue weighted by atomic mass is 9.66. The lowest BCUT2D eigenvalue weighted by Gasteiger charge is -2.37. The maximum Gasteiger partial charge on any atom is 0.309 e. The van der Waals surface area contributed by atoms with Gasteiger partial charge in [0.2, 0.25) is 0 Å². The fourth-order valence-corrected chi connectivity index (χ4v) is 3.88. The molecule has 0 bridgehead atoms. The van der Waals surface area contributed by atoms with Gasteiger partial charge in [-0.3, -0.25) is 9.59 Å². The van der Waals surface area contributed by atoms with Crippen molar-refractivity contribution in [1.29, 1.82) is 0 Å². The van der Waals surface area contributed by atoms with Crippen LogP contribution in [0.5, 0.6) is 0 Å². The Morgan fingerprint density at radius 2 is 0.957 bits per heavy atom. The van der Waals surface area contributed by atoms with Gasteiger partial charge in [-0.25, -0.2) is 0 Å². The van der Waals surface area contributed by atoms with Crippen LogP contribution in [0, 0.1) is 10.8 Å². The highest BCUT2D eigenvalue weighted by molar-refractivity contribution is 5.77. The van der Waals surface area contributed by atoms with Gasteiger partial charge in [-0.15, -0.1) is 0 Å². The van der Waals surface area contributed by atoms with Crippen molar-refractivity contribution in [3.8, 4) is 0 Å². The summed E-state index contributed by atoms with van der Waals surface area (Å²) >= 11 is 0. The molecular formula is C19H32O4. The molecule has 0 unspecified atom stereocenters. The summed E-state index contributed by atoms with van der Waals surface area (Å²) in [6.45, 7) is 0. The molecular weight excluding hydrogens is 292 g/mol. The van der Waals surface area contributed by atoms with E-state index in [0.717, 1.165) is 70.6 Å². The molecule has 23 heavy (non-hydrogen) atoms. The topological polar surface area (TPSA) is 74.6 Å². The van der Waals surface area contributed by atoms with Gasteiger partial charge in [0.05, 0.1) is 10.8 Å². The smallest absolute Gasteiger partial charge is 0.309 e. The monoisotopic (exact) mass is 324 g/mol. The van der Waals surface area contributed by atoms with E-state index in [1.54, 1.807) is 0 Å². The molecule has 2 saturated carbocycles. The van der Waals surface area contributed by atoms with Gasteiger partial charge in [0.15, 0.2) is 0 Å². The Morgan fingerprint density at radius 1 is 0.609 bits per heavy atom. The molecule has 0 aromatic heterocycles. The highest BCUT2D eigenvalue weighted by Gasteiger charge is 2.49. The molecule has 2 N–H and O–H groups in total. The van der Waals surface area contributed by atoms with Gasteiger partial charge in [-0.05, 0) is 38.5 Å². The van der Waals surface area contributed by atoms with E-state index in [1.165, 1.54) is 25.7 Å². The number of hydrogen-bond donors (Lipinski definition) is 2. The molecule has 0 radical (unpaired) electrons. The van der Waals surface area contributed by atoms with Gasteiger partial charge in [-0.2, -0.15) is 0 Å². The van der Waals surface area contributed by atoms with Gasteiger partial charge in [-0.1, -0.05) is 57.8 Å².